The number of aryl methyl sites for hydroxylation is 1. The van der Waals surface area contributed by atoms with Crippen molar-refractivity contribution in [2.45, 2.75) is 49.8 Å². The smallest absolute Gasteiger partial charge is 0.230 e. The van der Waals surface area contributed by atoms with E-state index < -0.39 is 0 Å². The van der Waals surface area contributed by atoms with Crippen LogP contribution in [0.25, 0.3) is 0 Å². The fraction of sp³-hybridized carbons (Fsp3) is 0.684. The highest BCUT2D eigenvalue weighted by Crippen LogP contribution is 2.31. The first-order chi connectivity index (χ1) is 14.2. The Morgan fingerprint density at radius 2 is 2.10 bits per heavy atom. The highest BCUT2D eigenvalue weighted by Gasteiger charge is 2.26. The van der Waals surface area contributed by atoms with Crippen molar-refractivity contribution in [2.75, 3.05) is 38.6 Å². The van der Waals surface area contributed by atoms with Gasteiger partial charge in [-0.15, -0.1) is 5.10 Å². The number of thioether (sulfide) groups is 1. The third-order valence-electron chi connectivity index (χ3n) is 5.53. The van der Waals surface area contributed by atoms with Crippen molar-refractivity contribution in [1.82, 2.24) is 30.4 Å². The lowest BCUT2D eigenvalue weighted by Gasteiger charge is -2.33. The molecule has 1 amide bonds. The normalized spacial score (nSPS) is 19.5. The van der Waals surface area contributed by atoms with Crippen molar-refractivity contribution in [2.24, 2.45) is 0 Å². The Balaban J connectivity index is 1.32. The Bertz CT molecular complexity index is 797. The maximum absolute atomic E-state index is 12.5. The highest BCUT2D eigenvalue weighted by atomic mass is 32.2. The van der Waals surface area contributed by atoms with E-state index in [1.807, 2.05) is 23.7 Å². The number of carbonyl (C=O) groups is 1. The molecule has 4 rings (SSSR count). The molecule has 2 fully saturated rings. The van der Waals surface area contributed by atoms with Gasteiger partial charge < -0.3 is 14.5 Å². The van der Waals surface area contributed by atoms with E-state index in [0.29, 0.717) is 31.6 Å². The Morgan fingerprint density at radius 3 is 2.83 bits per heavy atom. The number of aromatic nitrogens is 4. The van der Waals surface area contributed by atoms with E-state index in [2.05, 4.69) is 25.7 Å². The molecule has 1 aliphatic heterocycles. The second-order valence-electron chi connectivity index (χ2n) is 7.55. The predicted octanol–water partition coefficient (Wildman–Crippen LogP) is 1.97. The van der Waals surface area contributed by atoms with Crippen LogP contribution in [0.1, 0.15) is 49.3 Å². The van der Waals surface area contributed by atoms with Crippen molar-refractivity contribution in [1.29, 1.82) is 0 Å². The summed E-state index contributed by atoms with van der Waals surface area (Å²) in [7, 11) is 0. The van der Waals surface area contributed by atoms with Crippen LogP contribution in [0, 0.1) is 6.92 Å². The van der Waals surface area contributed by atoms with Crippen molar-refractivity contribution in [3.05, 3.63) is 23.7 Å². The number of nitrogens with zero attached hydrogens (tertiary/aromatic N) is 5. The quantitative estimate of drug-likeness (QED) is 0.647. The van der Waals surface area contributed by atoms with E-state index in [1.54, 1.807) is 0 Å². The van der Waals surface area contributed by atoms with Crippen LogP contribution in [0.15, 0.2) is 21.7 Å². The second kappa shape index (κ2) is 9.73. The third kappa shape index (κ3) is 5.18. The molecule has 2 aromatic heterocycles. The summed E-state index contributed by atoms with van der Waals surface area (Å²) in [6.07, 6.45) is 4.64. The molecule has 9 nitrogen and oxygen atoms in total. The molecule has 158 valence electrons. The SMILES string of the molecule is Cc1ccc([C@@H](CNC(=O)CSc2nnnn2C2CCCC2)N2CCOCC2)o1. The highest BCUT2D eigenvalue weighted by molar-refractivity contribution is 7.99. The van der Waals surface area contributed by atoms with Crippen molar-refractivity contribution >= 4 is 17.7 Å². The number of furan rings is 1. The van der Waals surface area contributed by atoms with Crippen LogP contribution in [0.5, 0.6) is 0 Å². The summed E-state index contributed by atoms with van der Waals surface area (Å²) in [4.78, 5) is 14.8. The first-order valence-electron chi connectivity index (χ1n) is 10.3. The van der Waals surface area contributed by atoms with Gasteiger partial charge in [-0.3, -0.25) is 9.69 Å². The summed E-state index contributed by atoms with van der Waals surface area (Å²) >= 11 is 1.39. The number of tetrazole rings is 1. The maximum Gasteiger partial charge on any atom is 0.230 e. The van der Waals surface area contributed by atoms with E-state index in [9.17, 15) is 4.79 Å². The van der Waals surface area contributed by atoms with Gasteiger partial charge in [0.25, 0.3) is 0 Å². The molecule has 1 aliphatic carbocycles. The first kappa shape index (κ1) is 20.4. The Hall–Kier alpha value is -1.91. The molecule has 2 aliphatic rings. The molecule has 1 atom stereocenters. The van der Waals surface area contributed by atoms with Gasteiger partial charge in [-0.2, -0.15) is 0 Å². The van der Waals surface area contributed by atoms with Crippen molar-refractivity contribution < 1.29 is 13.9 Å². The number of amides is 1. The minimum Gasteiger partial charge on any atom is -0.465 e. The van der Waals surface area contributed by atoms with Crippen LogP contribution in [-0.2, 0) is 9.53 Å². The first-order valence-corrected chi connectivity index (χ1v) is 11.2. The standard InChI is InChI=1S/C19H28N6O3S/c1-14-6-7-17(28-14)16(24-8-10-27-11-9-24)12-20-18(26)13-29-19-21-22-23-25(19)15-4-2-3-5-15/h6-7,15-16H,2-5,8-13H2,1H3,(H,20,26)/t16-/m1/s1. The molecule has 2 aromatic rings. The third-order valence-corrected chi connectivity index (χ3v) is 6.47. The monoisotopic (exact) mass is 420 g/mol. The van der Waals surface area contributed by atoms with E-state index >= 15 is 0 Å². The lowest BCUT2D eigenvalue weighted by atomic mass is 10.1. The zero-order chi connectivity index (χ0) is 20.1. The van der Waals surface area contributed by atoms with Crippen LogP contribution in [0.4, 0.5) is 0 Å². The van der Waals surface area contributed by atoms with E-state index in [4.69, 9.17) is 9.15 Å². The summed E-state index contributed by atoms with van der Waals surface area (Å²) in [6, 6.07) is 4.32. The van der Waals surface area contributed by atoms with Gasteiger partial charge in [0.1, 0.15) is 11.5 Å². The second-order valence-corrected chi connectivity index (χ2v) is 8.49. The maximum atomic E-state index is 12.5. The molecule has 29 heavy (non-hydrogen) atoms. The molecular formula is C19H28N6O3S. The van der Waals surface area contributed by atoms with Crippen LogP contribution in [0.3, 0.4) is 0 Å². The molecule has 0 unspecified atom stereocenters. The number of morpholine rings is 1. The number of hydrogen-bond donors (Lipinski definition) is 1. The lowest BCUT2D eigenvalue weighted by molar-refractivity contribution is -0.118. The predicted molar refractivity (Wildman–Crippen MR) is 108 cm³/mol. The van der Waals surface area contributed by atoms with Gasteiger partial charge in [0.15, 0.2) is 0 Å². The zero-order valence-electron chi connectivity index (χ0n) is 16.7. The van der Waals surface area contributed by atoms with Gasteiger partial charge in [-0.1, -0.05) is 24.6 Å². The Labute approximate surface area is 174 Å². The molecule has 0 aromatic carbocycles. The fourth-order valence-corrected chi connectivity index (χ4v) is 4.76. The average molecular weight is 421 g/mol. The molecule has 0 spiro atoms. The van der Waals surface area contributed by atoms with Crippen LogP contribution < -0.4 is 5.32 Å². The number of rotatable bonds is 8. The van der Waals surface area contributed by atoms with Crippen LogP contribution in [-0.4, -0.2) is 69.6 Å². The van der Waals surface area contributed by atoms with E-state index in [1.165, 1.54) is 24.6 Å². The van der Waals surface area contributed by atoms with Crippen molar-refractivity contribution in [3.8, 4) is 0 Å². The summed E-state index contributed by atoms with van der Waals surface area (Å²) in [6.45, 7) is 5.48. The van der Waals surface area contributed by atoms with E-state index in [-0.39, 0.29) is 11.9 Å². The summed E-state index contributed by atoms with van der Waals surface area (Å²) in [5, 5.41) is 15.8. The molecule has 0 bridgehead atoms. The van der Waals surface area contributed by atoms with Gasteiger partial charge >= 0.3 is 0 Å². The van der Waals surface area contributed by atoms with Gasteiger partial charge in [-0.25, -0.2) is 4.68 Å². The summed E-state index contributed by atoms with van der Waals surface area (Å²) in [5.41, 5.74) is 0. The molecule has 0 radical (unpaired) electrons. The number of ether oxygens (including phenoxy) is 1. The molecule has 1 saturated heterocycles. The van der Waals surface area contributed by atoms with Gasteiger partial charge in [0.05, 0.1) is 31.1 Å². The number of hydrogen-bond acceptors (Lipinski definition) is 8. The lowest BCUT2D eigenvalue weighted by Crippen LogP contribution is -2.44. The zero-order valence-corrected chi connectivity index (χ0v) is 17.6. The number of nitrogens with one attached hydrogen (secondary N) is 1. The van der Waals surface area contributed by atoms with Crippen LogP contribution >= 0.6 is 11.8 Å². The van der Waals surface area contributed by atoms with E-state index in [0.717, 1.165) is 42.6 Å². The molecule has 1 saturated carbocycles. The molecule has 1 N–H and O–H groups in total. The van der Waals surface area contributed by atoms with Crippen LogP contribution in [0.2, 0.25) is 0 Å². The van der Waals surface area contributed by atoms with Gasteiger partial charge in [0.2, 0.25) is 11.1 Å². The van der Waals surface area contributed by atoms with Gasteiger partial charge in [0, 0.05) is 19.6 Å². The molecular weight excluding hydrogens is 392 g/mol. The minimum atomic E-state index is -0.0301. The number of carbonyl (C=O) groups excluding carboxylic acids is 1. The topological polar surface area (TPSA) is 98.3 Å². The van der Waals surface area contributed by atoms with Gasteiger partial charge in [-0.05, 0) is 42.3 Å². The molecule has 10 heteroatoms. The Kier molecular flexibility index (Phi) is 6.83. The average Bonchev–Trinajstić information content (AvgIpc) is 3.49. The Morgan fingerprint density at radius 1 is 1.31 bits per heavy atom. The van der Waals surface area contributed by atoms with Crippen molar-refractivity contribution in [3.63, 3.8) is 0 Å². The fourth-order valence-electron chi connectivity index (χ4n) is 3.98. The summed E-state index contributed by atoms with van der Waals surface area (Å²) in [5.74, 6) is 2.01. The molecule has 3 heterocycles. The largest absolute Gasteiger partial charge is 0.465 e. The summed E-state index contributed by atoms with van der Waals surface area (Å²) < 4.78 is 13.2. The minimum absolute atomic E-state index is 0.00496.